The van der Waals surface area contributed by atoms with Gasteiger partial charge in [0.05, 0.1) is 7.11 Å². The fourth-order valence-corrected chi connectivity index (χ4v) is 3.42. The van der Waals surface area contributed by atoms with E-state index in [2.05, 4.69) is 26.0 Å². The minimum atomic E-state index is -3.55. The van der Waals surface area contributed by atoms with Crippen LogP contribution in [0, 0.1) is 0 Å². The molecule has 1 fully saturated rings. The summed E-state index contributed by atoms with van der Waals surface area (Å²) < 4.78 is 32.7. The molecule has 0 aromatic heterocycles. The topological polar surface area (TPSA) is 67.4 Å². The first kappa shape index (κ1) is 14.8. The molecule has 2 N–H and O–H groups in total. The molecule has 0 heterocycles. The van der Waals surface area contributed by atoms with E-state index in [9.17, 15) is 8.42 Å². The van der Waals surface area contributed by atoms with Crippen molar-refractivity contribution in [1.29, 1.82) is 0 Å². The molecule has 0 spiro atoms. The van der Waals surface area contributed by atoms with E-state index in [1.807, 2.05) is 0 Å². The molecule has 19 heavy (non-hydrogen) atoms. The smallest absolute Gasteiger partial charge is 0.244 e. The van der Waals surface area contributed by atoms with Crippen molar-refractivity contribution >= 4 is 26.0 Å². The highest BCUT2D eigenvalue weighted by molar-refractivity contribution is 9.10. The number of nitrogens with one attached hydrogen (secondary N) is 2. The highest BCUT2D eigenvalue weighted by Gasteiger charge is 2.21. The van der Waals surface area contributed by atoms with Crippen LogP contribution in [0.4, 0.5) is 0 Å². The van der Waals surface area contributed by atoms with Crippen LogP contribution in [0.1, 0.15) is 12.8 Å². The summed E-state index contributed by atoms with van der Waals surface area (Å²) in [5.41, 5.74) is 0. The van der Waals surface area contributed by atoms with Crippen LogP contribution in [0.25, 0.3) is 0 Å². The molecule has 1 saturated carbocycles. The number of methoxy groups -OCH3 is 1. The van der Waals surface area contributed by atoms with E-state index in [-0.39, 0.29) is 4.90 Å². The van der Waals surface area contributed by atoms with Gasteiger partial charge < -0.3 is 10.1 Å². The minimum absolute atomic E-state index is 0.149. The summed E-state index contributed by atoms with van der Waals surface area (Å²) in [5.74, 6) is 0.339. The van der Waals surface area contributed by atoms with Crippen molar-refractivity contribution in [3.63, 3.8) is 0 Å². The third-order valence-electron chi connectivity index (χ3n) is 2.84. The molecule has 1 aliphatic carbocycles. The highest BCUT2D eigenvalue weighted by atomic mass is 79.9. The summed E-state index contributed by atoms with van der Waals surface area (Å²) in [5, 5.41) is 3.25. The Bertz CT molecular complexity index is 544. The lowest BCUT2D eigenvalue weighted by Crippen LogP contribution is -2.32. The maximum absolute atomic E-state index is 12.2. The van der Waals surface area contributed by atoms with Crippen molar-refractivity contribution in [1.82, 2.24) is 10.0 Å². The second-order valence-corrected chi connectivity index (χ2v) is 7.07. The largest absolute Gasteiger partial charge is 0.495 e. The summed E-state index contributed by atoms with van der Waals surface area (Å²) in [6.45, 7) is 1.01. The van der Waals surface area contributed by atoms with Gasteiger partial charge in [0.25, 0.3) is 0 Å². The van der Waals surface area contributed by atoms with Gasteiger partial charge in [-0.25, -0.2) is 13.1 Å². The summed E-state index contributed by atoms with van der Waals surface area (Å²) >= 11 is 3.27. The van der Waals surface area contributed by atoms with E-state index < -0.39 is 10.0 Å². The van der Waals surface area contributed by atoms with E-state index in [0.717, 1.165) is 0 Å². The van der Waals surface area contributed by atoms with Crippen LogP contribution in [0.3, 0.4) is 0 Å². The molecule has 2 rings (SSSR count). The predicted octanol–water partition coefficient (Wildman–Crippen LogP) is 1.49. The molecule has 0 radical (unpaired) electrons. The molecule has 0 amide bonds. The predicted molar refractivity (Wildman–Crippen MR) is 76.9 cm³/mol. The molecule has 0 bridgehead atoms. The van der Waals surface area contributed by atoms with Gasteiger partial charge in [-0.2, -0.15) is 0 Å². The average Bonchev–Trinajstić information content (AvgIpc) is 3.19. The van der Waals surface area contributed by atoms with Crippen LogP contribution < -0.4 is 14.8 Å². The Morgan fingerprint density at radius 3 is 2.74 bits per heavy atom. The highest BCUT2D eigenvalue weighted by Crippen LogP contribution is 2.26. The third-order valence-corrected chi connectivity index (χ3v) is 4.82. The van der Waals surface area contributed by atoms with Crippen molar-refractivity contribution in [2.24, 2.45) is 0 Å². The van der Waals surface area contributed by atoms with Crippen molar-refractivity contribution in [2.75, 3.05) is 20.2 Å². The molecule has 1 aromatic rings. The lowest BCUT2D eigenvalue weighted by atomic mass is 10.3. The van der Waals surface area contributed by atoms with E-state index in [0.29, 0.717) is 29.4 Å². The van der Waals surface area contributed by atoms with E-state index in [1.165, 1.54) is 26.0 Å². The SMILES string of the molecule is COc1ccc(Br)cc1S(=O)(=O)NCCNC1CC1. The van der Waals surface area contributed by atoms with Crippen molar-refractivity contribution in [3.05, 3.63) is 22.7 Å². The number of benzene rings is 1. The summed E-state index contributed by atoms with van der Waals surface area (Å²) in [4.78, 5) is 0.149. The maximum atomic E-state index is 12.2. The van der Waals surface area contributed by atoms with Crippen LogP contribution in [-0.2, 0) is 10.0 Å². The fourth-order valence-electron chi connectivity index (χ4n) is 1.69. The molecule has 0 atom stereocenters. The molecule has 106 valence electrons. The van der Waals surface area contributed by atoms with Gasteiger partial charge in [0.2, 0.25) is 10.0 Å². The summed E-state index contributed by atoms with van der Waals surface area (Å²) in [6, 6.07) is 5.48. The summed E-state index contributed by atoms with van der Waals surface area (Å²) in [6.07, 6.45) is 2.37. The molecule has 1 aliphatic rings. The lowest BCUT2D eigenvalue weighted by Gasteiger charge is -2.11. The van der Waals surface area contributed by atoms with Gasteiger partial charge in [-0.05, 0) is 31.0 Å². The zero-order chi connectivity index (χ0) is 13.9. The number of halogens is 1. The number of hydrogen-bond acceptors (Lipinski definition) is 4. The summed E-state index contributed by atoms with van der Waals surface area (Å²) in [7, 11) is -2.09. The number of hydrogen-bond donors (Lipinski definition) is 2. The number of rotatable bonds is 7. The standard InChI is InChI=1S/C12H17BrN2O3S/c1-18-11-5-2-9(13)8-12(11)19(16,17)15-7-6-14-10-3-4-10/h2,5,8,10,14-15H,3-4,6-7H2,1H3. The Balaban J connectivity index is 2.02. The Labute approximate surface area is 121 Å². The van der Waals surface area contributed by atoms with Gasteiger partial charge in [0, 0.05) is 23.6 Å². The third kappa shape index (κ3) is 4.17. The average molecular weight is 349 g/mol. The van der Waals surface area contributed by atoms with Gasteiger partial charge in [0.15, 0.2) is 0 Å². The molecule has 5 nitrogen and oxygen atoms in total. The normalized spacial score (nSPS) is 15.5. The maximum Gasteiger partial charge on any atom is 0.244 e. The van der Waals surface area contributed by atoms with Crippen LogP contribution in [0.2, 0.25) is 0 Å². The van der Waals surface area contributed by atoms with Crippen LogP contribution >= 0.6 is 15.9 Å². The second kappa shape index (κ2) is 6.21. The van der Waals surface area contributed by atoms with Crippen molar-refractivity contribution in [2.45, 2.75) is 23.8 Å². The molecular weight excluding hydrogens is 332 g/mol. The van der Waals surface area contributed by atoms with Crippen LogP contribution in [0.15, 0.2) is 27.6 Å². The molecule has 0 saturated heterocycles. The second-order valence-electron chi connectivity index (χ2n) is 4.42. The van der Waals surface area contributed by atoms with E-state index in [1.54, 1.807) is 12.1 Å². The van der Waals surface area contributed by atoms with Crippen LogP contribution in [0.5, 0.6) is 5.75 Å². The number of sulfonamides is 1. The Kier molecular flexibility index (Phi) is 4.83. The molecular formula is C12H17BrN2O3S. The zero-order valence-electron chi connectivity index (χ0n) is 10.6. The Hall–Kier alpha value is -0.630. The van der Waals surface area contributed by atoms with Crippen molar-refractivity contribution < 1.29 is 13.2 Å². The van der Waals surface area contributed by atoms with Crippen molar-refractivity contribution in [3.8, 4) is 5.75 Å². The molecule has 1 aromatic carbocycles. The van der Waals surface area contributed by atoms with Gasteiger partial charge in [-0.15, -0.1) is 0 Å². The van der Waals surface area contributed by atoms with E-state index >= 15 is 0 Å². The fraction of sp³-hybridized carbons (Fsp3) is 0.500. The first-order valence-electron chi connectivity index (χ1n) is 6.09. The van der Waals surface area contributed by atoms with Gasteiger partial charge in [-0.3, -0.25) is 0 Å². The van der Waals surface area contributed by atoms with Crippen LogP contribution in [-0.4, -0.2) is 34.7 Å². The van der Waals surface area contributed by atoms with Gasteiger partial charge >= 0.3 is 0 Å². The molecule has 7 heteroatoms. The Morgan fingerprint density at radius 2 is 2.11 bits per heavy atom. The first-order chi connectivity index (χ1) is 9.03. The quantitative estimate of drug-likeness (QED) is 0.732. The Morgan fingerprint density at radius 1 is 1.37 bits per heavy atom. The van der Waals surface area contributed by atoms with E-state index in [4.69, 9.17) is 4.74 Å². The van der Waals surface area contributed by atoms with Gasteiger partial charge in [-0.1, -0.05) is 15.9 Å². The molecule has 0 aliphatic heterocycles. The first-order valence-corrected chi connectivity index (χ1v) is 8.37. The lowest BCUT2D eigenvalue weighted by molar-refractivity contribution is 0.402. The number of ether oxygens (including phenoxy) is 1. The molecule has 0 unspecified atom stereocenters. The monoisotopic (exact) mass is 348 g/mol. The zero-order valence-corrected chi connectivity index (χ0v) is 13.1. The van der Waals surface area contributed by atoms with Gasteiger partial charge in [0.1, 0.15) is 10.6 Å². The minimum Gasteiger partial charge on any atom is -0.495 e.